The van der Waals surface area contributed by atoms with Crippen molar-refractivity contribution >= 4 is 27.5 Å². The number of hydrogen-bond donors (Lipinski definition) is 1. The lowest BCUT2D eigenvalue weighted by Crippen LogP contribution is -2.41. The van der Waals surface area contributed by atoms with E-state index in [-0.39, 0.29) is 11.7 Å². The first-order valence-corrected chi connectivity index (χ1v) is 10.6. The molecule has 7 heteroatoms. The van der Waals surface area contributed by atoms with Crippen LogP contribution in [-0.4, -0.2) is 52.8 Å². The van der Waals surface area contributed by atoms with Gasteiger partial charge in [0.25, 0.3) is 5.91 Å². The standard InChI is InChI=1S/C22H23BrFN3O2/c23-18-3-6-20-17(11-18)13-27(22(20)28)12-15-7-9-26(10-8-15)14-21(25-29)16-1-4-19(24)5-2-16/h1-6,11,15,29H,7-10,12-14H2/b25-21-. The van der Waals surface area contributed by atoms with E-state index in [0.29, 0.717) is 24.7 Å². The summed E-state index contributed by atoms with van der Waals surface area (Å²) in [6.07, 6.45) is 1.98. The number of carbonyl (C=O) groups is 1. The zero-order chi connectivity index (χ0) is 20.4. The fourth-order valence-electron chi connectivity index (χ4n) is 4.17. The van der Waals surface area contributed by atoms with Gasteiger partial charge in [0.15, 0.2) is 0 Å². The van der Waals surface area contributed by atoms with Crippen LogP contribution in [-0.2, 0) is 6.54 Å². The van der Waals surface area contributed by atoms with Crippen LogP contribution >= 0.6 is 15.9 Å². The molecule has 29 heavy (non-hydrogen) atoms. The number of amides is 1. The molecule has 2 aliphatic rings. The van der Waals surface area contributed by atoms with E-state index in [1.807, 2.05) is 23.1 Å². The van der Waals surface area contributed by atoms with Gasteiger partial charge in [-0.2, -0.15) is 0 Å². The highest BCUT2D eigenvalue weighted by Crippen LogP contribution is 2.28. The van der Waals surface area contributed by atoms with E-state index in [4.69, 9.17) is 0 Å². The second-order valence-corrected chi connectivity index (χ2v) is 8.68. The van der Waals surface area contributed by atoms with Crippen molar-refractivity contribution in [2.24, 2.45) is 11.1 Å². The molecule has 0 aliphatic carbocycles. The maximum absolute atomic E-state index is 13.1. The molecule has 0 spiro atoms. The summed E-state index contributed by atoms with van der Waals surface area (Å²) >= 11 is 3.47. The van der Waals surface area contributed by atoms with E-state index in [9.17, 15) is 14.4 Å². The summed E-state index contributed by atoms with van der Waals surface area (Å²) in [6, 6.07) is 11.8. The molecule has 1 saturated heterocycles. The van der Waals surface area contributed by atoms with Gasteiger partial charge in [0.1, 0.15) is 11.5 Å². The normalized spacial score (nSPS) is 18.3. The molecule has 5 nitrogen and oxygen atoms in total. The Morgan fingerprint density at radius 3 is 2.59 bits per heavy atom. The van der Waals surface area contributed by atoms with Gasteiger partial charge in [0.05, 0.1) is 0 Å². The van der Waals surface area contributed by atoms with Crippen molar-refractivity contribution < 1.29 is 14.4 Å². The summed E-state index contributed by atoms with van der Waals surface area (Å²) in [6.45, 7) is 3.74. The van der Waals surface area contributed by atoms with Gasteiger partial charge in [0.2, 0.25) is 0 Å². The van der Waals surface area contributed by atoms with E-state index in [1.54, 1.807) is 12.1 Å². The van der Waals surface area contributed by atoms with Crippen LogP contribution in [0.3, 0.4) is 0 Å². The van der Waals surface area contributed by atoms with E-state index in [2.05, 4.69) is 26.0 Å². The summed E-state index contributed by atoms with van der Waals surface area (Å²) < 4.78 is 14.1. The third-order valence-electron chi connectivity index (χ3n) is 5.80. The monoisotopic (exact) mass is 459 g/mol. The molecule has 1 amide bonds. The summed E-state index contributed by atoms with van der Waals surface area (Å²) in [5.41, 5.74) is 3.17. The highest BCUT2D eigenvalue weighted by atomic mass is 79.9. The van der Waals surface area contributed by atoms with E-state index < -0.39 is 0 Å². The molecule has 152 valence electrons. The lowest BCUT2D eigenvalue weighted by atomic mass is 9.95. The van der Waals surface area contributed by atoms with Gasteiger partial charge in [-0.1, -0.05) is 33.2 Å². The molecular formula is C22H23BrFN3O2. The topological polar surface area (TPSA) is 56.1 Å². The number of piperidine rings is 1. The molecule has 2 aromatic rings. The molecule has 0 radical (unpaired) electrons. The third kappa shape index (κ3) is 4.51. The fourth-order valence-corrected chi connectivity index (χ4v) is 4.58. The summed E-state index contributed by atoms with van der Waals surface area (Å²) in [7, 11) is 0. The van der Waals surface area contributed by atoms with Crippen LogP contribution in [0.2, 0.25) is 0 Å². The van der Waals surface area contributed by atoms with Gasteiger partial charge < -0.3 is 10.1 Å². The van der Waals surface area contributed by atoms with Crippen LogP contribution in [0.1, 0.15) is 34.3 Å². The summed E-state index contributed by atoms with van der Waals surface area (Å²) in [4.78, 5) is 16.8. The quantitative estimate of drug-likeness (QED) is 0.415. The van der Waals surface area contributed by atoms with E-state index in [1.165, 1.54) is 12.1 Å². The van der Waals surface area contributed by atoms with Crippen molar-refractivity contribution in [2.75, 3.05) is 26.2 Å². The van der Waals surface area contributed by atoms with Gasteiger partial charge in [0, 0.05) is 35.2 Å². The minimum Gasteiger partial charge on any atom is -0.411 e. The number of nitrogens with zero attached hydrogens (tertiary/aromatic N) is 3. The molecular weight excluding hydrogens is 437 g/mol. The van der Waals surface area contributed by atoms with Crippen LogP contribution in [0.15, 0.2) is 52.1 Å². The van der Waals surface area contributed by atoms with Crippen molar-refractivity contribution in [1.29, 1.82) is 0 Å². The molecule has 1 N–H and O–H groups in total. The SMILES string of the molecule is O=C1c2ccc(Br)cc2CN1CC1CCN(C/C(=N/O)c2ccc(F)cc2)CC1. The third-order valence-corrected chi connectivity index (χ3v) is 6.30. The number of benzene rings is 2. The fraction of sp³-hybridized carbons (Fsp3) is 0.364. The zero-order valence-corrected chi connectivity index (χ0v) is 17.6. The van der Waals surface area contributed by atoms with Crippen molar-refractivity contribution in [3.05, 3.63) is 69.4 Å². The molecule has 0 saturated carbocycles. The largest absolute Gasteiger partial charge is 0.411 e. The van der Waals surface area contributed by atoms with Gasteiger partial charge >= 0.3 is 0 Å². The Labute approximate surface area is 177 Å². The molecule has 0 atom stereocenters. The average molecular weight is 460 g/mol. The Bertz CT molecular complexity index is 924. The smallest absolute Gasteiger partial charge is 0.254 e. The van der Waals surface area contributed by atoms with Crippen LogP contribution in [0, 0.1) is 11.7 Å². The van der Waals surface area contributed by atoms with Crippen molar-refractivity contribution in [2.45, 2.75) is 19.4 Å². The van der Waals surface area contributed by atoms with Gasteiger partial charge in [-0.15, -0.1) is 0 Å². The number of oxime groups is 1. The summed E-state index contributed by atoms with van der Waals surface area (Å²) in [5, 5.41) is 12.8. The molecule has 2 aliphatic heterocycles. The molecule has 4 rings (SSSR count). The molecule has 0 bridgehead atoms. The van der Waals surface area contributed by atoms with E-state index in [0.717, 1.165) is 53.6 Å². The van der Waals surface area contributed by atoms with Crippen molar-refractivity contribution in [3.8, 4) is 0 Å². The number of carbonyl (C=O) groups excluding carboxylic acids is 1. The Balaban J connectivity index is 1.30. The summed E-state index contributed by atoms with van der Waals surface area (Å²) in [5.74, 6) is 0.284. The maximum atomic E-state index is 13.1. The molecule has 0 aromatic heterocycles. The lowest BCUT2D eigenvalue weighted by Gasteiger charge is -2.33. The highest BCUT2D eigenvalue weighted by molar-refractivity contribution is 9.10. The van der Waals surface area contributed by atoms with Crippen LogP contribution in [0.5, 0.6) is 0 Å². The molecule has 2 aromatic carbocycles. The molecule has 0 unspecified atom stereocenters. The van der Waals surface area contributed by atoms with Gasteiger partial charge in [-0.3, -0.25) is 9.69 Å². The van der Waals surface area contributed by atoms with E-state index >= 15 is 0 Å². The predicted octanol–water partition coefficient (Wildman–Crippen LogP) is 4.13. The average Bonchev–Trinajstić information content (AvgIpc) is 3.02. The van der Waals surface area contributed by atoms with Gasteiger partial charge in [-0.05, 0) is 67.7 Å². The highest BCUT2D eigenvalue weighted by Gasteiger charge is 2.30. The van der Waals surface area contributed by atoms with Crippen molar-refractivity contribution in [1.82, 2.24) is 9.80 Å². The van der Waals surface area contributed by atoms with Crippen LogP contribution < -0.4 is 0 Å². The number of fused-ring (bicyclic) bond motifs is 1. The number of likely N-dealkylation sites (tertiary alicyclic amines) is 1. The van der Waals surface area contributed by atoms with Crippen molar-refractivity contribution in [3.63, 3.8) is 0 Å². The number of hydrogen-bond acceptors (Lipinski definition) is 4. The Morgan fingerprint density at radius 2 is 1.90 bits per heavy atom. The number of rotatable bonds is 5. The van der Waals surface area contributed by atoms with Crippen LogP contribution in [0.25, 0.3) is 0 Å². The molecule has 1 fully saturated rings. The Kier molecular flexibility index (Phi) is 5.96. The zero-order valence-electron chi connectivity index (χ0n) is 16.0. The lowest BCUT2D eigenvalue weighted by molar-refractivity contribution is 0.0719. The Morgan fingerprint density at radius 1 is 1.17 bits per heavy atom. The maximum Gasteiger partial charge on any atom is 0.254 e. The second-order valence-electron chi connectivity index (χ2n) is 7.76. The van der Waals surface area contributed by atoms with Crippen LogP contribution in [0.4, 0.5) is 4.39 Å². The first-order chi connectivity index (χ1) is 14.0. The Hall–Kier alpha value is -2.25. The molecule has 2 heterocycles. The minimum atomic E-state index is -0.308. The first-order valence-electron chi connectivity index (χ1n) is 9.80. The first kappa shape index (κ1) is 20.0. The van der Waals surface area contributed by atoms with Gasteiger partial charge in [-0.25, -0.2) is 4.39 Å². The second kappa shape index (κ2) is 8.63. The minimum absolute atomic E-state index is 0.126. The number of halogens is 2. The predicted molar refractivity (Wildman–Crippen MR) is 113 cm³/mol.